The molecule has 2 aromatic rings. The number of carbonyl (C=O) groups excluding carboxylic acids is 2. The second-order valence-electron chi connectivity index (χ2n) is 8.82. The molecule has 1 heterocycles. The third-order valence-corrected chi connectivity index (χ3v) is 6.20. The number of rotatable bonds is 13. The zero-order valence-corrected chi connectivity index (χ0v) is 20.9. The van der Waals surface area contributed by atoms with E-state index < -0.39 is 17.0 Å². The second kappa shape index (κ2) is 14.9. The maximum atomic E-state index is 13.1. The molecule has 2 aromatic carbocycles. The van der Waals surface area contributed by atoms with E-state index in [0.29, 0.717) is 44.8 Å². The van der Waals surface area contributed by atoms with Gasteiger partial charge in [0.25, 0.3) is 5.69 Å². The van der Waals surface area contributed by atoms with Crippen molar-refractivity contribution in [2.75, 3.05) is 59.1 Å². The van der Waals surface area contributed by atoms with Gasteiger partial charge in [-0.3, -0.25) is 19.8 Å². The summed E-state index contributed by atoms with van der Waals surface area (Å²) < 4.78 is 5.35. The van der Waals surface area contributed by atoms with E-state index in [1.807, 2.05) is 30.3 Å². The zero-order chi connectivity index (χ0) is 26.5. The highest BCUT2D eigenvalue weighted by Crippen LogP contribution is 2.14. The molecule has 11 nitrogen and oxygen atoms in total. The number of nitrogens with one attached hydrogen (secondary N) is 2. The normalized spacial score (nSPS) is 14.5. The summed E-state index contributed by atoms with van der Waals surface area (Å²) >= 11 is 0. The lowest BCUT2D eigenvalue weighted by Crippen LogP contribution is -2.53. The molecular formula is C26H35N5O6. The highest BCUT2D eigenvalue weighted by atomic mass is 16.6. The predicted molar refractivity (Wildman–Crippen MR) is 138 cm³/mol. The molecule has 0 bridgehead atoms. The summed E-state index contributed by atoms with van der Waals surface area (Å²) in [5.74, 6) is -0.341. The molecule has 0 spiro atoms. The highest BCUT2D eigenvalue weighted by Gasteiger charge is 2.24. The van der Waals surface area contributed by atoms with Crippen LogP contribution in [0.4, 0.5) is 10.5 Å². The molecule has 1 saturated heterocycles. The minimum Gasteiger partial charge on any atom is -0.395 e. The maximum absolute atomic E-state index is 13.1. The van der Waals surface area contributed by atoms with Crippen molar-refractivity contribution < 1.29 is 24.4 Å². The van der Waals surface area contributed by atoms with Crippen molar-refractivity contribution in [2.24, 2.45) is 0 Å². The number of nitro groups is 1. The minimum atomic E-state index is -0.892. The Hall–Kier alpha value is -3.54. The lowest BCUT2D eigenvalue weighted by molar-refractivity contribution is -0.384. The number of nitro benzene ring substituents is 1. The second-order valence-corrected chi connectivity index (χ2v) is 8.82. The van der Waals surface area contributed by atoms with Crippen molar-refractivity contribution in [3.63, 3.8) is 0 Å². The Morgan fingerprint density at radius 3 is 2.41 bits per heavy atom. The first kappa shape index (κ1) is 28.0. The lowest BCUT2D eigenvalue weighted by atomic mass is 10.0. The van der Waals surface area contributed by atoms with Crippen LogP contribution in [0, 0.1) is 10.1 Å². The maximum Gasteiger partial charge on any atom is 0.318 e. The topological polar surface area (TPSA) is 137 Å². The monoisotopic (exact) mass is 513 g/mol. The van der Waals surface area contributed by atoms with E-state index in [1.165, 1.54) is 17.0 Å². The molecule has 0 unspecified atom stereocenters. The average molecular weight is 514 g/mol. The molecular weight excluding hydrogens is 478 g/mol. The van der Waals surface area contributed by atoms with Crippen molar-refractivity contribution in [2.45, 2.75) is 18.9 Å². The number of nitrogens with zero attached hydrogens (tertiary/aromatic N) is 3. The van der Waals surface area contributed by atoms with E-state index in [-0.39, 0.29) is 31.2 Å². The molecule has 3 N–H and O–H groups in total. The number of amides is 3. The summed E-state index contributed by atoms with van der Waals surface area (Å²) in [6, 6.07) is 14.3. The SMILES string of the molecule is O=C(NCCN1CCOCC1)[C@H](Cc1ccc([N+](=O)[O-])cc1)NC(=O)N(CCO)CCc1ccccc1. The Morgan fingerprint density at radius 1 is 1.05 bits per heavy atom. The van der Waals surface area contributed by atoms with E-state index in [4.69, 9.17) is 4.74 Å². The number of hydrogen-bond acceptors (Lipinski definition) is 7. The molecule has 1 atom stereocenters. The summed E-state index contributed by atoms with van der Waals surface area (Å²) in [5, 5.41) is 26.2. The molecule has 3 rings (SSSR count). The Morgan fingerprint density at radius 2 is 1.76 bits per heavy atom. The van der Waals surface area contributed by atoms with Crippen LogP contribution in [0.5, 0.6) is 0 Å². The summed E-state index contributed by atoms with van der Waals surface area (Å²) in [5.41, 5.74) is 1.69. The van der Waals surface area contributed by atoms with Gasteiger partial charge < -0.3 is 25.4 Å². The summed E-state index contributed by atoms with van der Waals surface area (Å²) in [6.45, 7) is 4.31. The van der Waals surface area contributed by atoms with Gasteiger partial charge in [0.05, 0.1) is 24.7 Å². The first-order valence-electron chi connectivity index (χ1n) is 12.5. The molecule has 1 fully saturated rings. The van der Waals surface area contributed by atoms with Gasteiger partial charge in [-0.2, -0.15) is 0 Å². The number of aliphatic hydroxyl groups excluding tert-OH is 1. The molecule has 200 valence electrons. The van der Waals surface area contributed by atoms with Gasteiger partial charge in [0, 0.05) is 57.8 Å². The minimum absolute atomic E-state index is 0.0469. The largest absolute Gasteiger partial charge is 0.395 e. The number of carbonyl (C=O) groups is 2. The number of ether oxygens (including phenoxy) is 1. The molecule has 37 heavy (non-hydrogen) atoms. The Balaban J connectivity index is 1.65. The van der Waals surface area contributed by atoms with Crippen LogP contribution < -0.4 is 10.6 Å². The van der Waals surface area contributed by atoms with Crippen molar-refractivity contribution in [3.8, 4) is 0 Å². The quantitative estimate of drug-likeness (QED) is 0.270. The van der Waals surface area contributed by atoms with E-state index in [0.717, 1.165) is 18.7 Å². The molecule has 0 aromatic heterocycles. The Labute approximate surface area is 216 Å². The van der Waals surface area contributed by atoms with Crippen LogP contribution in [0.15, 0.2) is 54.6 Å². The fourth-order valence-corrected chi connectivity index (χ4v) is 4.07. The fraction of sp³-hybridized carbons (Fsp3) is 0.462. The first-order chi connectivity index (χ1) is 18.0. The van der Waals surface area contributed by atoms with Gasteiger partial charge in [-0.25, -0.2) is 4.79 Å². The van der Waals surface area contributed by atoms with Gasteiger partial charge in [0.2, 0.25) is 5.91 Å². The van der Waals surface area contributed by atoms with Crippen LogP contribution in [0.2, 0.25) is 0 Å². The molecule has 11 heteroatoms. The molecule has 0 saturated carbocycles. The van der Waals surface area contributed by atoms with Crippen molar-refractivity contribution >= 4 is 17.6 Å². The summed E-state index contributed by atoms with van der Waals surface area (Å²) in [7, 11) is 0. The van der Waals surface area contributed by atoms with Crippen LogP contribution in [0.1, 0.15) is 11.1 Å². The van der Waals surface area contributed by atoms with Gasteiger partial charge in [0.15, 0.2) is 0 Å². The van der Waals surface area contributed by atoms with E-state index in [9.17, 15) is 24.8 Å². The highest BCUT2D eigenvalue weighted by molar-refractivity contribution is 5.87. The fourth-order valence-electron chi connectivity index (χ4n) is 4.07. The summed E-state index contributed by atoms with van der Waals surface area (Å²) in [4.78, 5) is 40.4. The number of morpholine rings is 1. The van der Waals surface area contributed by atoms with Gasteiger partial charge >= 0.3 is 6.03 Å². The third-order valence-electron chi connectivity index (χ3n) is 6.20. The van der Waals surface area contributed by atoms with Crippen molar-refractivity contribution in [1.82, 2.24) is 20.4 Å². The molecule has 0 radical (unpaired) electrons. The van der Waals surface area contributed by atoms with E-state index in [2.05, 4.69) is 15.5 Å². The van der Waals surface area contributed by atoms with Crippen LogP contribution in [-0.4, -0.2) is 96.9 Å². The molecule has 3 amide bonds. The predicted octanol–water partition coefficient (Wildman–Crippen LogP) is 1.20. The van der Waals surface area contributed by atoms with Gasteiger partial charge in [-0.15, -0.1) is 0 Å². The van der Waals surface area contributed by atoms with Crippen LogP contribution in [-0.2, 0) is 22.4 Å². The van der Waals surface area contributed by atoms with Crippen molar-refractivity contribution in [1.29, 1.82) is 0 Å². The molecule has 1 aliphatic rings. The van der Waals surface area contributed by atoms with Gasteiger partial charge in [0.1, 0.15) is 6.04 Å². The summed E-state index contributed by atoms with van der Waals surface area (Å²) in [6.07, 6.45) is 0.770. The Kier molecular flexibility index (Phi) is 11.3. The first-order valence-corrected chi connectivity index (χ1v) is 12.5. The zero-order valence-electron chi connectivity index (χ0n) is 20.9. The molecule has 0 aliphatic carbocycles. The lowest BCUT2D eigenvalue weighted by Gasteiger charge is -2.28. The smallest absolute Gasteiger partial charge is 0.318 e. The number of hydrogen-bond donors (Lipinski definition) is 3. The number of urea groups is 1. The van der Waals surface area contributed by atoms with Crippen molar-refractivity contribution in [3.05, 3.63) is 75.8 Å². The van der Waals surface area contributed by atoms with Crippen LogP contribution in [0.3, 0.4) is 0 Å². The third kappa shape index (κ3) is 9.45. The standard InChI is InChI=1S/C26H35N5O6/c32-17-14-30(12-10-21-4-2-1-3-5-21)26(34)28-24(20-22-6-8-23(9-7-22)31(35)36)25(33)27-11-13-29-15-18-37-19-16-29/h1-9,24,32H,10-20H2,(H,27,33)(H,28,34)/t24-/m0/s1. The molecule has 1 aliphatic heterocycles. The van der Waals surface area contributed by atoms with Crippen LogP contribution in [0.25, 0.3) is 0 Å². The number of non-ortho nitro benzene ring substituents is 1. The van der Waals surface area contributed by atoms with Crippen LogP contribution >= 0.6 is 0 Å². The van der Waals surface area contributed by atoms with Gasteiger partial charge in [-0.05, 0) is 17.5 Å². The van der Waals surface area contributed by atoms with E-state index in [1.54, 1.807) is 12.1 Å². The van der Waals surface area contributed by atoms with Gasteiger partial charge in [-0.1, -0.05) is 42.5 Å². The Bertz CT molecular complexity index is 998. The average Bonchev–Trinajstić information content (AvgIpc) is 2.92. The number of aliphatic hydroxyl groups is 1. The van der Waals surface area contributed by atoms with E-state index >= 15 is 0 Å². The number of benzene rings is 2.